The summed E-state index contributed by atoms with van der Waals surface area (Å²) in [6, 6.07) is 4.60. The van der Waals surface area contributed by atoms with E-state index in [0.29, 0.717) is 0 Å². The van der Waals surface area contributed by atoms with E-state index < -0.39 is 81.3 Å². The predicted molar refractivity (Wildman–Crippen MR) is 154 cm³/mol. The predicted octanol–water partition coefficient (Wildman–Crippen LogP) is -3.65. The van der Waals surface area contributed by atoms with E-state index in [1.54, 1.807) is 0 Å². The Morgan fingerprint density at radius 2 is 1.20 bits per heavy atom. The fourth-order valence-corrected chi connectivity index (χ4v) is 5.50. The Morgan fingerprint density at radius 1 is 0.760 bits per heavy atom. The SMILES string of the molecule is COc1cc(CO[C@@H]2C[C@H](OP(=O)([O-])OC)[C@](COP(=O)([O-])OC)(OCc3cc(OC)c(OC)cc3[N+](=O)[O-])O2)c([N+](=O)[O-])cc1OC.[Na+].[Na+]. The van der Waals surface area contributed by atoms with E-state index in [4.69, 9.17) is 42.2 Å². The molecule has 0 aromatic heterocycles. The molecule has 2 unspecified atom stereocenters. The average Bonchev–Trinajstić information content (AvgIpc) is 3.40. The molecule has 21 nitrogen and oxygen atoms in total. The molecule has 1 aliphatic heterocycles. The largest absolute Gasteiger partial charge is 1.00 e. The molecule has 1 saturated heterocycles. The van der Waals surface area contributed by atoms with Gasteiger partial charge in [0.05, 0.1) is 74.8 Å². The molecule has 25 heteroatoms. The summed E-state index contributed by atoms with van der Waals surface area (Å²) in [6.45, 7) is -2.42. The third-order valence-corrected chi connectivity index (χ3v) is 8.67. The third kappa shape index (κ3) is 11.8. The van der Waals surface area contributed by atoms with Crippen LogP contribution in [0.1, 0.15) is 17.5 Å². The van der Waals surface area contributed by atoms with Gasteiger partial charge in [-0.2, -0.15) is 0 Å². The van der Waals surface area contributed by atoms with Crippen LogP contribution < -0.4 is 87.8 Å². The molecule has 1 fully saturated rings. The first kappa shape index (κ1) is 46.6. The van der Waals surface area contributed by atoms with Gasteiger partial charge in [-0.3, -0.25) is 29.4 Å². The van der Waals surface area contributed by atoms with Gasteiger partial charge >= 0.3 is 59.1 Å². The molecule has 268 valence electrons. The smallest absolute Gasteiger partial charge is 0.756 e. The minimum Gasteiger partial charge on any atom is -0.756 e. The Kier molecular flexibility index (Phi) is 18.7. The van der Waals surface area contributed by atoms with Gasteiger partial charge in [0.2, 0.25) is 5.79 Å². The van der Waals surface area contributed by atoms with E-state index in [9.17, 15) is 39.1 Å². The summed E-state index contributed by atoms with van der Waals surface area (Å²) >= 11 is 0. The summed E-state index contributed by atoms with van der Waals surface area (Å²) in [7, 11) is -3.49. The molecule has 2 aromatic rings. The second-order valence-corrected chi connectivity index (χ2v) is 12.5. The van der Waals surface area contributed by atoms with E-state index in [1.165, 1.54) is 40.6 Å². The summed E-state index contributed by atoms with van der Waals surface area (Å²) in [5, 5.41) is 23.7. The molecule has 0 N–H and O–H groups in total. The van der Waals surface area contributed by atoms with Crippen LogP contribution in [-0.2, 0) is 54.6 Å². The number of nitro groups is 2. The minimum absolute atomic E-state index is 0. The van der Waals surface area contributed by atoms with Crippen molar-refractivity contribution >= 4 is 27.0 Å². The van der Waals surface area contributed by atoms with Gasteiger partial charge in [-0.1, -0.05) is 0 Å². The van der Waals surface area contributed by atoms with Crippen LogP contribution in [0.3, 0.4) is 0 Å². The van der Waals surface area contributed by atoms with Gasteiger partial charge in [-0.15, -0.1) is 0 Å². The minimum atomic E-state index is -5.13. The molecule has 0 radical (unpaired) electrons. The first-order valence-corrected chi connectivity index (χ1v) is 16.3. The van der Waals surface area contributed by atoms with Crippen molar-refractivity contribution in [1.29, 1.82) is 0 Å². The van der Waals surface area contributed by atoms with Crippen molar-refractivity contribution in [3.63, 3.8) is 0 Å². The molecule has 1 heterocycles. The Hall–Kier alpha value is -1.46. The Balaban J connectivity index is 0.00000625. The number of phosphoric acid groups is 2. The monoisotopic (exact) mass is 772 g/mol. The van der Waals surface area contributed by atoms with Crippen molar-refractivity contribution in [2.24, 2.45) is 0 Å². The molecular formula is C25H32N2Na2O19P2. The zero-order valence-electron chi connectivity index (χ0n) is 28.3. The van der Waals surface area contributed by atoms with Crippen LogP contribution in [0, 0.1) is 20.2 Å². The van der Waals surface area contributed by atoms with Gasteiger partial charge in [0.15, 0.2) is 29.3 Å². The molecule has 0 saturated carbocycles. The number of phosphoric ester groups is 2. The Morgan fingerprint density at radius 3 is 1.62 bits per heavy atom. The van der Waals surface area contributed by atoms with E-state index in [1.807, 2.05) is 0 Å². The molecular weight excluding hydrogens is 740 g/mol. The fraction of sp³-hybridized carbons (Fsp3) is 0.520. The van der Waals surface area contributed by atoms with E-state index >= 15 is 0 Å². The summed E-state index contributed by atoms with van der Waals surface area (Å²) in [6.07, 6.45) is -3.83. The van der Waals surface area contributed by atoms with Crippen molar-refractivity contribution in [3.8, 4) is 23.0 Å². The van der Waals surface area contributed by atoms with Gasteiger partial charge in [-0.05, 0) is 12.1 Å². The number of methoxy groups -OCH3 is 4. The molecule has 1 aliphatic rings. The molecule has 3 rings (SSSR count). The number of nitro benzene ring substituents is 2. The Bertz CT molecular complexity index is 1590. The van der Waals surface area contributed by atoms with Gasteiger partial charge < -0.3 is 61.0 Å². The van der Waals surface area contributed by atoms with Gasteiger partial charge in [-0.25, -0.2) is 0 Å². The first-order chi connectivity index (χ1) is 22.6. The topological polar surface area (TPSA) is 268 Å². The number of benzene rings is 2. The first-order valence-electron chi connectivity index (χ1n) is 13.4. The van der Waals surface area contributed by atoms with Crippen LogP contribution in [0.4, 0.5) is 11.4 Å². The molecule has 0 amide bonds. The summed E-state index contributed by atoms with van der Waals surface area (Å²) in [4.78, 5) is 46.8. The van der Waals surface area contributed by atoms with Crippen LogP contribution in [0.2, 0.25) is 0 Å². The van der Waals surface area contributed by atoms with E-state index in [0.717, 1.165) is 26.4 Å². The normalized spacial score (nSPS) is 20.7. The van der Waals surface area contributed by atoms with Gasteiger partial charge in [0.25, 0.3) is 27.0 Å². The summed E-state index contributed by atoms with van der Waals surface area (Å²) in [5.41, 5.74) is -1.13. The molecule has 5 atom stereocenters. The number of hydrogen-bond acceptors (Lipinski definition) is 19. The maximum atomic E-state index is 12.4. The van der Waals surface area contributed by atoms with Crippen molar-refractivity contribution in [2.45, 2.75) is 37.8 Å². The zero-order chi connectivity index (χ0) is 35.9. The van der Waals surface area contributed by atoms with Crippen LogP contribution in [0.15, 0.2) is 24.3 Å². The maximum absolute atomic E-state index is 12.4. The summed E-state index contributed by atoms with van der Waals surface area (Å²) in [5.74, 6) is -2.28. The molecule has 0 spiro atoms. The van der Waals surface area contributed by atoms with Gasteiger partial charge in [0, 0.05) is 20.6 Å². The molecule has 50 heavy (non-hydrogen) atoms. The molecule has 2 aromatic carbocycles. The van der Waals surface area contributed by atoms with E-state index in [-0.39, 0.29) is 93.2 Å². The van der Waals surface area contributed by atoms with Crippen LogP contribution >= 0.6 is 15.6 Å². The van der Waals surface area contributed by atoms with Crippen molar-refractivity contribution in [1.82, 2.24) is 0 Å². The van der Waals surface area contributed by atoms with Crippen LogP contribution in [0.25, 0.3) is 0 Å². The number of hydrogen-bond donors (Lipinski definition) is 0. The fourth-order valence-electron chi connectivity index (χ4n) is 4.42. The maximum Gasteiger partial charge on any atom is 1.00 e. The average molecular weight is 772 g/mol. The zero-order valence-corrected chi connectivity index (χ0v) is 34.1. The quantitative estimate of drug-likeness (QED) is 0.0576. The molecule has 0 bridgehead atoms. The standard InChI is InChI=1S/C25H34N2O19P2.2Na/c1-36-19-7-15(17(26(28)29)9-21(19)38-3)12-42-24-11-23(46-48(34,35)41-6)25(45-24,14-44-47(32,33)40-5)43-13-16-8-20(37-2)22(39-4)10-18(16)27(30)31;;/h7-10,23-24H,11-14H2,1-6H3,(H,32,33)(H,34,35);;/q;2*+1/p-2/t23-,24-,25+;;/m0../s1. The second-order valence-electron chi connectivity index (χ2n) is 9.51. The van der Waals surface area contributed by atoms with E-state index in [2.05, 4.69) is 9.05 Å². The Labute approximate surface area is 329 Å². The number of nitrogens with zero attached hydrogens (tertiary/aromatic N) is 2. The van der Waals surface area contributed by atoms with Crippen molar-refractivity contribution < 1.29 is 139 Å². The van der Waals surface area contributed by atoms with Crippen molar-refractivity contribution in [2.75, 3.05) is 49.3 Å². The van der Waals surface area contributed by atoms with Crippen molar-refractivity contribution in [3.05, 3.63) is 55.6 Å². The van der Waals surface area contributed by atoms with Crippen LogP contribution in [0.5, 0.6) is 23.0 Å². The third-order valence-electron chi connectivity index (χ3n) is 6.82. The number of ether oxygens (including phenoxy) is 7. The van der Waals surface area contributed by atoms with Crippen LogP contribution in [-0.4, -0.2) is 77.3 Å². The number of rotatable bonds is 19. The molecule has 0 aliphatic carbocycles. The van der Waals surface area contributed by atoms with Gasteiger partial charge in [0.1, 0.15) is 12.7 Å². The second kappa shape index (κ2) is 20.1. The summed E-state index contributed by atoms with van der Waals surface area (Å²) < 4.78 is 81.4.